The lowest BCUT2D eigenvalue weighted by Gasteiger charge is -2.04. The molecule has 0 fully saturated rings. The third-order valence-corrected chi connectivity index (χ3v) is 5.99. The molecule has 0 aromatic rings. The lowest BCUT2D eigenvalue weighted by atomic mass is 10.0. The fraction of sp³-hybridized carbons (Fsp3) is 1.00. The van der Waals surface area contributed by atoms with E-state index in [2.05, 4.69) is 6.92 Å². The van der Waals surface area contributed by atoms with E-state index >= 15 is 0 Å². The largest absolute Gasteiger partial charge is 0.396 e. The summed E-state index contributed by atoms with van der Waals surface area (Å²) in [5, 5.41) is 8.70. The fourth-order valence-corrected chi connectivity index (χ4v) is 4.14. The number of aliphatic hydroxyl groups excluding tert-OH is 1. The molecular formula is C22H46OS. The average molecular weight is 359 g/mol. The molecule has 0 amide bonds. The molecule has 0 aliphatic carbocycles. The summed E-state index contributed by atoms with van der Waals surface area (Å²) >= 11 is 2.01. The summed E-state index contributed by atoms with van der Waals surface area (Å²) in [7, 11) is 0. The molecule has 0 aliphatic rings. The first-order chi connectivity index (χ1) is 11.9. The Hall–Kier alpha value is 0.310. The Bertz CT molecular complexity index is 186. The van der Waals surface area contributed by atoms with Crippen LogP contribution in [0.15, 0.2) is 0 Å². The Labute approximate surface area is 157 Å². The van der Waals surface area contributed by atoms with Gasteiger partial charge in [-0.3, -0.25) is 0 Å². The summed E-state index contributed by atoms with van der Waals surface area (Å²) in [5.41, 5.74) is 0. The normalized spacial score (nSPS) is 11.2. The number of unbranched alkanes of at least 4 members (excludes halogenated alkanes) is 16. The van der Waals surface area contributed by atoms with Crippen LogP contribution in [0.5, 0.6) is 0 Å². The third-order valence-electron chi connectivity index (χ3n) is 4.84. The number of thioether (sulfide) groups is 1. The molecule has 0 aromatic heterocycles. The standard InChI is InChI=1S/C22H46OS/c1-2-3-4-5-6-7-8-9-10-11-12-13-14-15-16-17-18-21-24-22-19-20-23/h23H,2-22H2,1H3. The van der Waals surface area contributed by atoms with Gasteiger partial charge >= 0.3 is 0 Å². The summed E-state index contributed by atoms with van der Waals surface area (Å²) in [6, 6.07) is 0. The van der Waals surface area contributed by atoms with Crippen molar-refractivity contribution in [3.8, 4) is 0 Å². The monoisotopic (exact) mass is 358 g/mol. The highest BCUT2D eigenvalue weighted by Gasteiger charge is 1.95. The Morgan fingerprint density at radius 3 is 1.17 bits per heavy atom. The van der Waals surface area contributed by atoms with Gasteiger partial charge in [-0.15, -0.1) is 0 Å². The van der Waals surface area contributed by atoms with Crippen LogP contribution in [-0.2, 0) is 0 Å². The van der Waals surface area contributed by atoms with Crippen molar-refractivity contribution in [1.82, 2.24) is 0 Å². The maximum atomic E-state index is 8.70. The van der Waals surface area contributed by atoms with Crippen LogP contribution in [0.4, 0.5) is 0 Å². The van der Waals surface area contributed by atoms with Gasteiger partial charge in [0.25, 0.3) is 0 Å². The maximum absolute atomic E-state index is 8.70. The number of aliphatic hydroxyl groups is 1. The van der Waals surface area contributed by atoms with Crippen LogP contribution in [0, 0.1) is 0 Å². The molecule has 0 spiro atoms. The third kappa shape index (κ3) is 22.3. The van der Waals surface area contributed by atoms with Crippen molar-refractivity contribution in [3.63, 3.8) is 0 Å². The molecule has 0 saturated heterocycles. The summed E-state index contributed by atoms with van der Waals surface area (Å²) in [5.74, 6) is 2.42. The van der Waals surface area contributed by atoms with E-state index in [9.17, 15) is 0 Å². The molecule has 0 bridgehead atoms. The van der Waals surface area contributed by atoms with Gasteiger partial charge in [0.2, 0.25) is 0 Å². The molecule has 0 heterocycles. The molecule has 0 rings (SSSR count). The van der Waals surface area contributed by atoms with E-state index in [-0.39, 0.29) is 0 Å². The predicted molar refractivity (Wildman–Crippen MR) is 113 cm³/mol. The molecule has 1 nitrogen and oxygen atoms in total. The zero-order valence-electron chi connectivity index (χ0n) is 16.7. The number of rotatable bonds is 21. The van der Waals surface area contributed by atoms with Crippen molar-refractivity contribution in [2.24, 2.45) is 0 Å². The van der Waals surface area contributed by atoms with Gasteiger partial charge in [0.05, 0.1) is 0 Å². The average Bonchev–Trinajstić information content (AvgIpc) is 2.60. The minimum absolute atomic E-state index is 0.353. The van der Waals surface area contributed by atoms with Gasteiger partial charge in [-0.05, 0) is 24.3 Å². The second kappa shape index (κ2) is 23.3. The summed E-state index contributed by atoms with van der Waals surface area (Å²) in [4.78, 5) is 0. The van der Waals surface area contributed by atoms with E-state index < -0.39 is 0 Å². The minimum Gasteiger partial charge on any atom is -0.396 e. The molecule has 2 heteroatoms. The Morgan fingerprint density at radius 2 is 0.792 bits per heavy atom. The number of hydrogen-bond donors (Lipinski definition) is 1. The van der Waals surface area contributed by atoms with Crippen LogP contribution in [-0.4, -0.2) is 23.2 Å². The van der Waals surface area contributed by atoms with Crippen molar-refractivity contribution in [2.45, 2.75) is 122 Å². The van der Waals surface area contributed by atoms with Crippen molar-refractivity contribution in [3.05, 3.63) is 0 Å². The van der Waals surface area contributed by atoms with E-state index in [1.807, 2.05) is 11.8 Å². The van der Waals surface area contributed by atoms with Crippen LogP contribution < -0.4 is 0 Å². The lowest BCUT2D eigenvalue weighted by molar-refractivity contribution is 0.296. The molecule has 0 radical (unpaired) electrons. The highest BCUT2D eigenvalue weighted by Crippen LogP contribution is 2.14. The van der Waals surface area contributed by atoms with Gasteiger partial charge in [-0.2, -0.15) is 11.8 Å². The summed E-state index contributed by atoms with van der Waals surface area (Å²) in [6.45, 7) is 2.65. The quantitative estimate of drug-likeness (QED) is 0.212. The van der Waals surface area contributed by atoms with E-state index in [1.54, 1.807) is 0 Å². The first-order valence-corrected chi connectivity index (χ1v) is 12.3. The zero-order valence-corrected chi connectivity index (χ0v) is 17.5. The first-order valence-electron chi connectivity index (χ1n) is 11.1. The molecule has 0 aromatic carbocycles. The SMILES string of the molecule is CCCCCCCCCCCCCCCCCCCSCCCO. The van der Waals surface area contributed by atoms with E-state index in [0.29, 0.717) is 6.61 Å². The van der Waals surface area contributed by atoms with Crippen molar-refractivity contribution < 1.29 is 5.11 Å². The van der Waals surface area contributed by atoms with Crippen LogP contribution in [0.1, 0.15) is 122 Å². The van der Waals surface area contributed by atoms with E-state index in [1.165, 1.54) is 115 Å². The minimum atomic E-state index is 0.353. The summed E-state index contributed by atoms with van der Waals surface area (Å²) in [6.07, 6.45) is 25.6. The van der Waals surface area contributed by atoms with Crippen molar-refractivity contribution in [2.75, 3.05) is 18.1 Å². The van der Waals surface area contributed by atoms with Gasteiger partial charge in [0.1, 0.15) is 0 Å². The van der Waals surface area contributed by atoms with Crippen LogP contribution in [0.2, 0.25) is 0 Å². The number of hydrogen-bond acceptors (Lipinski definition) is 2. The first kappa shape index (κ1) is 24.3. The van der Waals surface area contributed by atoms with Gasteiger partial charge < -0.3 is 5.11 Å². The van der Waals surface area contributed by atoms with Gasteiger partial charge in [0.15, 0.2) is 0 Å². The molecule has 0 unspecified atom stereocenters. The Balaban J connectivity index is 2.93. The maximum Gasteiger partial charge on any atom is 0.0438 e. The van der Waals surface area contributed by atoms with Crippen molar-refractivity contribution in [1.29, 1.82) is 0 Å². The van der Waals surface area contributed by atoms with Gasteiger partial charge in [-0.25, -0.2) is 0 Å². The molecule has 146 valence electrons. The fourth-order valence-electron chi connectivity index (χ4n) is 3.20. The summed E-state index contributed by atoms with van der Waals surface area (Å²) < 4.78 is 0. The predicted octanol–water partition coefficient (Wildman–Crippen LogP) is 7.75. The molecule has 1 N–H and O–H groups in total. The smallest absolute Gasteiger partial charge is 0.0438 e. The van der Waals surface area contributed by atoms with Crippen molar-refractivity contribution >= 4 is 11.8 Å². The van der Waals surface area contributed by atoms with E-state index in [0.717, 1.165) is 12.2 Å². The highest BCUT2D eigenvalue weighted by molar-refractivity contribution is 7.99. The van der Waals surface area contributed by atoms with Crippen LogP contribution in [0.3, 0.4) is 0 Å². The van der Waals surface area contributed by atoms with Gasteiger partial charge in [0, 0.05) is 6.61 Å². The molecule has 24 heavy (non-hydrogen) atoms. The lowest BCUT2D eigenvalue weighted by Crippen LogP contribution is -1.88. The zero-order chi connectivity index (χ0) is 17.6. The van der Waals surface area contributed by atoms with Gasteiger partial charge in [-0.1, -0.05) is 110 Å². The Kier molecular flexibility index (Phi) is 23.6. The molecule has 0 atom stereocenters. The van der Waals surface area contributed by atoms with Crippen LogP contribution >= 0.6 is 11.8 Å². The highest BCUT2D eigenvalue weighted by atomic mass is 32.2. The second-order valence-corrected chi connectivity index (χ2v) is 8.57. The molecule has 0 aliphatic heterocycles. The molecular weight excluding hydrogens is 312 g/mol. The molecule has 0 saturated carbocycles. The van der Waals surface area contributed by atoms with E-state index in [4.69, 9.17) is 5.11 Å². The second-order valence-electron chi connectivity index (χ2n) is 7.35. The topological polar surface area (TPSA) is 20.2 Å². The van der Waals surface area contributed by atoms with Crippen LogP contribution in [0.25, 0.3) is 0 Å². The Morgan fingerprint density at radius 1 is 0.458 bits per heavy atom.